The van der Waals surface area contributed by atoms with Crippen molar-refractivity contribution >= 4 is 24.0 Å². The molecule has 0 heterocycles. The predicted molar refractivity (Wildman–Crippen MR) is 93.6 cm³/mol. The number of rotatable bonds is 5. The van der Waals surface area contributed by atoms with Gasteiger partial charge in [-0.1, -0.05) is 0 Å². The molecule has 0 bridgehead atoms. The van der Waals surface area contributed by atoms with E-state index in [1.807, 2.05) is 0 Å². The van der Waals surface area contributed by atoms with Gasteiger partial charge in [-0.3, -0.25) is 9.59 Å². The first-order valence-corrected chi connectivity index (χ1v) is 8.53. The molecule has 27 heavy (non-hydrogen) atoms. The molecule has 1 amide bonds. The molecule has 0 aromatic heterocycles. The van der Waals surface area contributed by atoms with Crippen LogP contribution in [0.15, 0.2) is 11.6 Å². The van der Waals surface area contributed by atoms with Crippen LogP contribution in [0.25, 0.3) is 0 Å². The summed E-state index contributed by atoms with van der Waals surface area (Å²) in [5.41, 5.74) is -0.410. The Hall–Kier alpha value is -2.58. The fraction of sp³-hybridized carbons (Fsp3) is 0.667. The van der Waals surface area contributed by atoms with Gasteiger partial charge < -0.3 is 24.3 Å². The van der Waals surface area contributed by atoms with E-state index in [4.69, 9.17) is 18.9 Å². The van der Waals surface area contributed by atoms with Crippen molar-refractivity contribution in [2.24, 2.45) is 5.92 Å². The van der Waals surface area contributed by atoms with Crippen molar-refractivity contribution in [1.82, 2.24) is 5.32 Å². The van der Waals surface area contributed by atoms with Gasteiger partial charge >= 0.3 is 24.0 Å². The number of carbonyl (C=O) groups is 4. The van der Waals surface area contributed by atoms with E-state index in [-0.39, 0.29) is 18.5 Å². The van der Waals surface area contributed by atoms with E-state index >= 15 is 0 Å². The number of amides is 1. The summed E-state index contributed by atoms with van der Waals surface area (Å²) in [5, 5.41) is 2.59. The minimum Gasteiger partial charge on any atom is -0.466 e. The summed E-state index contributed by atoms with van der Waals surface area (Å²) in [6, 6.07) is 0. The fourth-order valence-corrected chi connectivity index (χ4v) is 2.68. The lowest BCUT2D eigenvalue weighted by Gasteiger charge is -2.35. The van der Waals surface area contributed by atoms with Crippen molar-refractivity contribution < 1.29 is 38.1 Å². The van der Waals surface area contributed by atoms with Crippen LogP contribution in [0.5, 0.6) is 0 Å². The average Bonchev–Trinajstić information content (AvgIpc) is 2.51. The molecule has 0 radical (unpaired) electrons. The number of nitrogens with one attached hydrogen (secondary N) is 1. The van der Waals surface area contributed by atoms with Crippen LogP contribution in [0.4, 0.5) is 4.79 Å². The Kier molecular flexibility index (Phi) is 7.81. The van der Waals surface area contributed by atoms with E-state index in [1.165, 1.54) is 27.0 Å². The van der Waals surface area contributed by atoms with Gasteiger partial charge in [0.25, 0.3) is 0 Å². The number of hydrogen-bond donors (Lipinski definition) is 1. The third kappa shape index (κ3) is 7.67. The van der Waals surface area contributed by atoms with Crippen LogP contribution in [-0.2, 0) is 33.3 Å². The largest absolute Gasteiger partial charge is 0.466 e. The monoisotopic (exact) mass is 385 g/mol. The topological polar surface area (TPSA) is 117 Å². The first-order valence-electron chi connectivity index (χ1n) is 8.53. The Morgan fingerprint density at radius 2 is 1.70 bits per heavy atom. The standard InChI is InChI=1S/C18H27NO8/c1-10(20)25-14-8-12(16(22)24-6)7-13(15(14)26-11(2)21)9-19-17(23)27-18(3,4)5/h8,13-15H,7,9H2,1-6H3,(H,19,23)/t13-,14-,15+/m0/s1. The van der Waals surface area contributed by atoms with Crippen molar-refractivity contribution in [1.29, 1.82) is 0 Å². The average molecular weight is 385 g/mol. The Morgan fingerprint density at radius 3 is 2.19 bits per heavy atom. The van der Waals surface area contributed by atoms with E-state index in [1.54, 1.807) is 20.8 Å². The normalized spacial score (nSPS) is 22.1. The van der Waals surface area contributed by atoms with E-state index in [9.17, 15) is 19.2 Å². The molecule has 152 valence electrons. The zero-order valence-corrected chi connectivity index (χ0v) is 16.5. The highest BCUT2D eigenvalue weighted by Gasteiger charge is 2.40. The third-order valence-corrected chi connectivity index (χ3v) is 3.60. The second-order valence-corrected chi connectivity index (χ2v) is 7.18. The van der Waals surface area contributed by atoms with Crippen molar-refractivity contribution in [2.75, 3.05) is 13.7 Å². The van der Waals surface area contributed by atoms with Gasteiger partial charge in [0.15, 0.2) is 6.10 Å². The highest BCUT2D eigenvalue weighted by atomic mass is 16.6. The molecule has 3 atom stereocenters. The molecule has 0 fully saturated rings. The van der Waals surface area contributed by atoms with Gasteiger partial charge in [-0.05, 0) is 33.3 Å². The summed E-state index contributed by atoms with van der Waals surface area (Å²) < 4.78 is 20.4. The molecule has 1 N–H and O–H groups in total. The summed E-state index contributed by atoms with van der Waals surface area (Å²) in [6.07, 6.45) is -0.917. The highest BCUT2D eigenvalue weighted by molar-refractivity contribution is 5.89. The maximum atomic E-state index is 11.9. The molecule has 0 aromatic rings. The second-order valence-electron chi connectivity index (χ2n) is 7.18. The van der Waals surface area contributed by atoms with Crippen LogP contribution < -0.4 is 5.32 Å². The quantitative estimate of drug-likeness (QED) is 0.559. The molecular formula is C18H27NO8. The van der Waals surface area contributed by atoms with Gasteiger partial charge in [0, 0.05) is 31.9 Å². The number of esters is 3. The molecule has 0 aliphatic heterocycles. The molecular weight excluding hydrogens is 358 g/mol. The van der Waals surface area contributed by atoms with Gasteiger partial charge in [0.2, 0.25) is 0 Å². The number of methoxy groups -OCH3 is 1. The van der Waals surface area contributed by atoms with Gasteiger partial charge in [-0.2, -0.15) is 0 Å². The smallest absolute Gasteiger partial charge is 0.407 e. The van der Waals surface area contributed by atoms with Crippen LogP contribution in [0.2, 0.25) is 0 Å². The van der Waals surface area contributed by atoms with Gasteiger partial charge in [-0.15, -0.1) is 0 Å². The number of hydrogen-bond acceptors (Lipinski definition) is 8. The van der Waals surface area contributed by atoms with Crippen LogP contribution in [0, 0.1) is 5.92 Å². The van der Waals surface area contributed by atoms with Crippen LogP contribution in [0.1, 0.15) is 41.0 Å². The number of ether oxygens (including phenoxy) is 4. The van der Waals surface area contributed by atoms with E-state index < -0.39 is 47.7 Å². The molecule has 9 heteroatoms. The summed E-state index contributed by atoms with van der Waals surface area (Å²) in [7, 11) is 1.23. The van der Waals surface area contributed by atoms with E-state index in [2.05, 4.69) is 5.32 Å². The lowest BCUT2D eigenvalue weighted by molar-refractivity contribution is -0.167. The van der Waals surface area contributed by atoms with Gasteiger partial charge in [0.1, 0.15) is 11.7 Å². The SMILES string of the molecule is COC(=O)C1=C[C@H](OC(C)=O)[C@H](OC(C)=O)[C@H](CNC(=O)OC(C)(C)C)C1. The third-order valence-electron chi connectivity index (χ3n) is 3.60. The lowest BCUT2D eigenvalue weighted by Crippen LogP contribution is -2.47. The second kappa shape index (κ2) is 9.38. The van der Waals surface area contributed by atoms with Crippen molar-refractivity contribution in [3.8, 4) is 0 Å². The Balaban J connectivity index is 3.03. The Morgan fingerprint density at radius 1 is 1.11 bits per heavy atom. The molecule has 0 spiro atoms. The predicted octanol–water partition coefficient (Wildman–Crippen LogP) is 1.49. The minimum atomic E-state index is -0.973. The summed E-state index contributed by atoms with van der Waals surface area (Å²) in [6.45, 7) is 7.65. The summed E-state index contributed by atoms with van der Waals surface area (Å²) >= 11 is 0. The minimum absolute atomic E-state index is 0.0406. The van der Waals surface area contributed by atoms with Crippen LogP contribution in [-0.4, -0.2) is 55.5 Å². The first-order chi connectivity index (χ1) is 12.4. The first kappa shape index (κ1) is 22.5. The maximum absolute atomic E-state index is 11.9. The molecule has 1 aliphatic rings. The molecule has 1 rings (SSSR count). The summed E-state index contributed by atoms with van der Waals surface area (Å²) in [4.78, 5) is 46.8. The summed E-state index contributed by atoms with van der Waals surface area (Å²) in [5.74, 6) is -2.28. The maximum Gasteiger partial charge on any atom is 0.407 e. The van der Waals surface area contributed by atoms with Gasteiger partial charge in [-0.25, -0.2) is 9.59 Å². The van der Waals surface area contributed by atoms with Crippen molar-refractivity contribution in [2.45, 2.75) is 58.8 Å². The van der Waals surface area contributed by atoms with Crippen molar-refractivity contribution in [3.05, 3.63) is 11.6 Å². The number of alkyl carbamates (subject to hydrolysis) is 1. The zero-order chi connectivity index (χ0) is 20.8. The van der Waals surface area contributed by atoms with Gasteiger partial charge in [0.05, 0.1) is 7.11 Å². The molecule has 9 nitrogen and oxygen atoms in total. The molecule has 1 aliphatic carbocycles. The lowest BCUT2D eigenvalue weighted by atomic mass is 9.84. The fourth-order valence-electron chi connectivity index (χ4n) is 2.68. The Labute approximate surface area is 158 Å². The van der Waals surface area contributed by atoms with Crippen LogP contribution >= 0.6 is 0 Å². The molecule has 0 aromatic carbocycles. The van der Waals surface area contributed by atoms with Crippen molar-refractivity contribution in [3.63, 3.8) is 0 Å². The van der Waals surface area contributed by atoms with E-state index in [0.717, 1.165) is 0 Å². The van der Waals surface area contributed by atoms with Crippen LogP contribution in [0.3, 0.4) is 0 Å². The van der Waals surface area contributed by atoms with E-state index in [0.29, 0.717) is 0 Å². The zero-order valence-electron chi connectivity index (χ0n) is 16.5. The number of carbonyl (C=O) groups excluding carboxylic acids is 4. The highest BCUT2D eigenvalue weighted by Crippen LogP contribution is 2.30. The molecule has 0 saturated carbocycles. The molecule has 0 saturated heterocycles. The molecule has 0 unspecified atom stereocenters. The Bertz CT molecular complexity index is 619.